The average Bonchev–Trinajstić information content (AvgIpc) is 2.45. The highest BCUT2D eigenvalue weighted by Gasteiger charge is 2.23. The van der Waals surface area contributed by atoms with E-state index in [1.165, 1.54) is 7.11 Å². The van der Waals surface area contributed by atoms with Crippen LogP contribution in [0, 0.1) is 0 Å². The zero-order valence-corrected chi connectivity index (χ0v) is 12.8. The Labute approximate surface area is 125 Å². The number of hydrogen-bond donors (Lipinski definition) is 2. The maximum atomic E-state index is 12.0. The van der Waals surface area contributed by atoms with Crippen LogP contribution in [0.2, 0.25) is 0 Å². The van der Waals surface area contributed by atoms with Crippen molar-refractivity contribution in [2.45, 2.75) is 18.7 Å². The summed E-state index contributed by atoms with van der Waals surface area (Å²) >= 11 is 3.27. The summed E-state index contributed by atoms with van der Waals surface area (Å²) in [5.41, 5.74) is 6.04. The molecule has 7 heteroatoms. The molecule has 0 aliphatic rings. The SMILES string of the molecule is CNC(CC(N)C(=O)OC)OC(=O)c1ccccc1Br. The van der Waals surface area contributed by atoms with E-state index in [1.807, 2.05) is 0 Å². The smallest absolute Gasteiger partial charge is 0.340 e. The van der Waals surface area contributed by atoms with Crippen molar-refractivity contribution in [2.75, 3.05) is 14.2 Å². The van der Waals surface area contributed by atoms with Crippen molar-refractivity contribution in [3.8, 4) is 0 Å². The van der Waals surface area contributed by atoms with Gasteiger partial charge in [0.2, 0.25) is 0 Å². The average molecular weight is 345 g/mol. The van der Waals surface area contributed by atoms with Crippen LogP contribution in [-0.2, 0) is 14.3 Å². The number of rotatable bonds is 6. The predicted octanol–water partition coefficient (Wildman–Crippen LogP) is 1.04. The zero-order chi connectivity index (χ0) is 15.1. The molecule has 2 atom stereocenters. The molecule has 3 N–H and O–H groups in total. The van der Waals surface area contributed by atoms with Crippen LogP contribution in [0.5, 0.6) is 0 Å². The van der Waals surface area contributed by atoms with Gasteiger partial charge in [0, 0.05) is 10.9 Å². The van der Waals surface area contributed by atoms with Crippen LogP contribution in [0.1, 0.15) is 16.8 Å². The van der Waals surface area contributed by atoms with E-state index in [0.717, 1.165) is 0 Å². The largest absolute Gasteiger partial charge is 0.468 e. The molecule has 1 aromatic carbocycles. The second-order valence-corrected chi connectivity index (χ2v) is 4.88. The van der Waals surface area contributed by atoms with E-state index >= 15 is 0 Å². The lowest BCUT2D eigenvalue weighted by Gasteiger charge is -2.20. The van der Waals surface area contributed by atoms with E-state index < -0.39 is 24.2 Å². The molecule has 0 fully saturated rings. The Morgan fingerprint density at radius 2 is 2.05 bits per heavy atom. The second-order valence-electron chi connectivity index (χ2n) is 4.03. The fourth-order valence-corrected chi connectivity index (χ4v) is 1.97. The quantitative estimate of drug-likeness (QED) is 0.591. The number of nitrogens with two attached hydrogens (primary N) is 1. The minimum absolute atomic E-state index is 0.124. The molecule has 0 aliphatic carbocycles. The van der Waals surface area contributed by atoms with Crippen LogP contribution in [-0.4, -0.2) is 38.4 Å². The Bertz CT molecular complexity index is 481. The third kappa shape index (κ3) is 4.59. The molecule has 0 aromatic heterocycles. The molecule has 6 nitrogen and oxygen atoms in total. The van der Waals surface area contributed by atoms with Crippen LogP contribution in [0.3, 0.4) is 0 Å². The number of carbonyl (C=O) groups is 2. The minimum Gasteiger partial charge on any atom is -0.468 e. The molecule has 0 saturated carbocycles. The summed E-state index contributed by atoms with van der Waals surface area (Å²) in [6.07, 6.45) is -0.553. The summed E-state index contributed by atoms with van der Waals surface area (Å²) in [7, 11) is 2.87. The Morgan fingerprint density at radius 1 is 1.40 bits per heavy atom. The van der Waals surface area contributed by atoms with E-state index in [0.29, 0.717) is 10.0 Å². The topological polar surface area (TPSA) is 90.7 Å². The summed E-state index contributed by atoms with van der Waals surface area (Å²) in [5.74, 6) is -1.06. The summed E-state index contributed by atoms with van der Waals surface area (Å²) in [5, 5.41) is 2.79. The molecule has 20 heavy (non-hydrogen) atoms. The first-order valence-electron chi connectivity index (χ1n) is 5.95. The van der Waals surface area contributed by atoms with Gasteiger partial charge in [-0.3, -0.25) is 10.1 Å². The Balaban J connectivity index is 2.67. The first-order valence-corrected chi connectivity index (χ1v) is 6.75. The minimum atomic E-state index is -0.857. The van der Waals surface area contributed by atoms with Gasteiger partial charge in [0.1, 0.15) is 6.04 Å². The molecule has 0 amide bonds. The molecule has 1 aromatic rings. The molecule has 0 spiro atoms. The van der Waals surface area contributed by atoms with Gasteiger partial charge in [-0.1, -0.05) is 12.1 Å². The van der Waals surface area contributed by atoms with Gasteiger partial charge in [0.15, 0.2) is 6.23 Å². The van der Waals surface area contributed by atoms with Gasteiger partial charge in [-0.2, -0.15) is 0 Å². The van der Waals surface area contributed by atoms with Gasteiger partial charge in [-0.25, -0.2) is 4.79 Å². The summed E-state index contributed by atoms with van der Waals surface area (Å²) in [6.45, 7) is 0. The van der Waals surface area contributed by atoms with Gasteiger partial charge in [0.25, 0.3) is 0 Å². The molecule has 2 unspecified atom stereocenters. The molecular weight excluding hydrogens is 328 g/mol. The van der Waals surface area contributed by atoms with E-state index in [4.69, 9.17) is 10.5 Å². The molecule has 0 radical (unpaired) electrons. The van der Waals surface area contributed by atoms with Crippen LogP contribution < -0.4 is 11.1 Å². The number of benzene rings is 1. The first-order chi connectivity index (χ1) is 9.49. The molecule has 0 bridgehead atoms. The number of methoxy groups -OCH3 is 1. The molecule has 0 heterocycles. The van der Waals surface area contributed by atoms with Gasteiger partial charge in [-0.05, 0) is 35.1 Å². The lowest BCUT2D eigenvalue weighted by atomic mass is 10.2. The highest BCUT2D eigenvalue weighted by molar-refractivity contribution is 9.10. The second kappa shape index (κ2) is 7.98. The maximum absolute atomic E-state index is 12.0. The van der Waals surface area contributed by atoms with Crippen molar-refractivity contribution in [3.63, 3.8) is 0 Å². The van der Waals surface area contributed by atoms with Gasteiger partial charge >= 0.3 is 11.9 Å². The number of halogens is 1. The normalized spacial score (nSPS) is 13.4. The van der Waals surface area contributed by atoms with E-state index in [1.54, 1.807) is 31.3 Å². The van der Waals surface area contributed by atoms with Crippen molar-refractivity contribution < 1.29 is 19.1 Å². The van der Waals surface area contributed by atoms with Crippen LogP contribution in [0.4, 0.5) is 0 Å². The number of carbonyl (C=O) groups excluding carboxylic acids is 2. The van der Waals surface area contributed by atoms with Gasteiger partial charge < -0.3 is 15.2 Å². The molecule has 0 aliphatic heterocycles. The number of nitrogens with one attached hydrogen (secondary N) is 1. The lowest BCUT2D eigenvalue weighted by Crippen LogP contribution is -2.41. The van der Waals surface area contributed by atoms with E-state index in [9.17, 15) is 9.59 Å². The Hall–Kier alpha value is -1.44. The van der Waals surface area contributed by atoms with Crippen molar-refractivity contribution in [3.05, 3.63) is 34.3 Å². The number of hydrogen-bond acceptors (Lipinski definition) is 6. The van der Waals surface area contributed by atoms with Crippen molar-refractivity contribution in [1.29, 1.82) is 0 Å². The van der Waals surface area contributed by atoms with Crippen LogP contribution >= 0.6 is 15.9 Å². The van der Waals surface area contributed by atoms with Gasteiger partial charge in [0.05, 0.1) is 12.7 Å². The highest BCUT2D eigenvalue weighted by atomic mass is 79.9. The molecule has 110 valence electrons. The van der Waals surface area contributed by atoms with Crippen LogP contribution in [0.25, 0.3) is 0 Å². The zero-order valence-electron chi connectivity index (χ0n) is 11.3. The summed E-state index contributed by atoms with van der Waals surface area (Å²) < 4.78 is 10.4. The standard InChI is InChI=1S/C13H17BrN2O4/c1-16-11(7-10(15)13(18)19-2)20-12(17)8-5-3-4-6-9(8)14/h3-6,10-11,16H,7,15H2,1-2H3. The molecule has 1 rings (SSSR count). The maximum Gasteiger partial charge on any atom is 0.340 e. The van der Waals surface area contributed by atoms with E-state index in [-0.39, 0.29) is 6.42 Å². The fourth-order valence-electron chi connectivity index (χ4n) is 1.52. The van der Waals surface area contributed by atoms with Gasteiger partial charge in [-0.15, -0.1) is 0 Å². The van der Waals surface area contributed by atoms with E-state index in [2.05, 4.69) is 26.0 Å². The Kier molecular flexibility index (Phi) is 6.63. The Morgan fingerprint density at radius 3 is 2.60 bits per heavy atom. The molecule has 0 saturated heterocycles. The van der Waals surface area contributed by atoms with Crippen LogP contribution in [0.15, 0.2) is 28.7 Å². The molecular formula is C13H17BrN2O4. The number of ether oxygens (including phenoxy) is 2. The summed E-state index contributed by atoms with van der Waals surface area (Å²) in [4.78, 5) is 23.3. The third-order valence-corrected chi connectivity index (χ3v) is 3.33. The lowest BCUT2D eigenvalue weighted by molar-refractivity contribution is -0.143. The monoisotopic (exact) mass is 344 g/mol. The van der Waals surface area contributed by atoms with Crippen molar-refractivity contribution in [1.82, 2.24) is 5.32 Å². The number of esters is 2. The van der Waals surface area contributed by atoms with Crippen molar-refractivity contribution >= 4 is 27.9 Å². The third-order valence-electron chi connectivity index (χ3n) is 2.64. The summed E-state index contributed by atoms with van der Waals surface area (Å²) in [6, 6.07) is 6.05. The highest BCUT2D eigenvalue weighted by Crippen LogP contribution is 2.17. The first kappa shape index (κ1) is 16.6. The van der Waals surface area contributed by atoms with Crippen molar-refractivity contribution in [2.24, 2.45) is 5.73 Å². The fraction of sp³-hybridized carbons (Fsp3) is 0.385. The predicted molar refractivity (Wildman–Crippen MR) is 77.0 cm³/mol.